The minimum atomic E-state index is 0.165. The second-order valence-electron chi connectivity index (χ2n) is 3.15. The quantitative estimate of drug-likeness (QED) is 0.781. The molecule has 0 radical (unpaired) electrons. The van der Waals surface area contributed by atoms with E-state index in [1.807, 2.05) is 18.2 Å². The Hall–Kier alpha value is -0.570. The van der Waals surface area contributed by atoms with Crippen LogP contribution in [0.25, 0.3) is 0 Å². The van der Waals surface area contributed by atoms with E-state index in [0.29, 0.717) is 0 Å². The third-order valence-electron chi connectivity index (χ3n) is 2.10. The molecule has 2 nitrogen and oxygen atoms in total. The maximum Gasteiger partial charge on any atom is 0.112 e. The standard InChI is InChI=1S/C10H12ClNO/c11-9-3-1-2-8(6-9)7-10-12-4-5-13-10/h1-3,6,10,12H,4-5,7H2. The van der Waals surface area contributed by atoms with Gasteiger partial charge in [-0.3, -0.25) is 5.32 Å². The number of rotatable bonds is 2. The fourth-order valence-electron chi connectivity index (χ4n) is 1.49. The Labute approximate surface area is 82.9 Å². The van der Waals surface area contributed by atoms with Crippen LogP contribution < -0.4 is 5.32 Å². The molecule has 1 heterocycles. The highest BCUT2D eigenvalue weighted by Crippen LogP contribution is 2.13. The van der Waals surface area contributed by atoms with Crippen molar-refractivity contribution in [2.45, 2.75) is 12.6 Å². The highest BCUT2D eigenvalue weighted by molar-refractivity contribution is 6.30. The van der Waals surface area contributed by atoms with Crippen molar-refractivity contribution in [3.63, 3.8) is 0 Å². The molecule has 0 bridgehead atoms. The lowest BCUT2D eigenvalue weighted by Crippen LogP contribution is -2.24. The van der Waals surface area contributed by atoms with Crippen molar-refractivity contribution < 1.29 is 4.74 Å². The van der Waals surface area contributed by atoms with Gasteiger partial charge in [-0.15, -0.1) is 0 Å². The van der Waals surface area contributed by atoms with Crippen LogP contribution >= 0.6 is 11.6 Å². The summed E-state index contributed by atoms with van der Waals surface area (Å²) in [6.07, 6.45) is 1.05. The van der Waals surface area contributed by atoms with Crippen LogP contribution in [0, 0.1) is 0 Å². The predicted molar refractivity (Wildman–Crippen MR) is 52.9 cm³/mol. The third-order valence-corrected chi connectivity index (χ3v) is 2.34. The van der Waals surface area contributed by atoms with E-state index in [0.717, 1.165) is 24.6 Å². The van der Waals surface area contributed by atoms with Gasteiger partial charge in [-0.25, -0.2) is 0 Å². The first-order chi connectivity index (χ1) is 6.34. The van der Waals surface area contributed by atoms with Crippen LogP contribution in [0.15, 0.2) is 24.3 Å². The number of nitrogens with one attached hydrogen (secondary N) is 1. The number of hydrogen-bond donors (Lipinski definition) is 1. The van der Waals surface area contributed by atoms with Gasteiger partial charge in [0.25, 0.3) is 0 Å². The van der Waals surface area contributed by atoms with Gasteiger partial charge in [-0.1, -0.05) is 23.7 Å². The van der Waals surface area contributed by atoms with Gasteiger partial charge in [0.2, 0.25) is 0 Å². The van der Waals surface area contributed by atoms with E-state index in [2.05, 4.69) is 11.4 Å². The van der Waals surface area contributed by atoms with Gasteiger partial charge in [0.05, 0.1) is 6.61 Å². The molecule has 1 N–H and O–H groups in total. The molecule has 0 spiro atoms. The average molecular weight is 198 g/mol. The monoisotopic (exact) mass is 197 g/mol. The van der Waals surface area contributed by atoms with E-state index < -0.39 is 0 Å². The molecule has 0 aromatic heterocycles. The minimum absolute atomic E-state index is 0.165. The van der Waals surface area contributed by atoms with Crippen LogP contribution in [0.4, 0.5) is 0 Å². The van der Waals surface area contributed by atoms with Gasteiger partial charge < -0.3 is 4.74 Å². The van der Waals surface area contributed by atoms with E-state index in [-0.39, 0.29) is 6.23 Å². The lowest BCUT2D eigenvalue weighted by atomic mass is 10.1. The second-order valence-corrected chi connectivity index (χ2v) is 3.58. The maximum atomic E-state index is 5.87. The van der Waals surface area contributed by atoms with Gasteiger partial charge in [0, 0.05) is 18.0 Å². The average Bonchev–Trinajstić information content (AvgIpc) is 2.57. The summed E-state index contributed by atoms with van der Waals surface area (Å²) < 4.78 is 5.44. The number of hydrogen-bond acceptors (Lipinski definition) is 2. The Morgan fingerprint density at radius 1 is 1.54 bits per heavy atom. The Morgan fingerprint density at radius 2 is 2.46 bits per heavy atom. The van der Waals surface area contributed by atoms with Gasteiger partial charge in [0.15, 0.2) is 0 Å². The Bertz CT molecular complexity index is 284. The third kappa shape index (κ3) is 2.44. The van der Waals surface area contributed by atoms with E-state index in [1.54, 1.807) is 0 Å². The van der Waals surface area contributed by atoms with Crippen LogP contribution in [0.3, 0.4) is 0 Å². The smallest absolute Gasteiger partial charge is 0.112 e. The molecule has 1 aromatic carbocycles. The molecule has 2 rings (SSSR count). The lowest BCUT2D eigenvalue weighted by molar-refractivity contribution is 0.102. The molecule has 0 amide bonds. The highest BCUT2D eigenvalue weighted by Gasteiger charge is 2.14. The lowest BCUT2D eigenvalue weighted by Gasteiger charge is -2.09. The molecule has 1 fully saturated rings. The van der Waals surface area contributed by atoms with E-state index >= 15 is 0 Å². The first-order valence-electron chi connectivity index (χ1n) is 4.44. The molecule has 1 aliphatic heterocycles. The Kier molecular flexibility index (Phi) is 2.83. The largest absolute Gasteiger partial charge is 0.362 e. The van der Waals surface area contributed by atoms with Crippen molar-refractivity contribution in [3.05, 3.63) is 34.9 Å². The molecule has 0 aliphatic carbocycles. The van der Waals surface area contributed by atoms with Crippen molar-refractivity contribution in [1.29, 1.82) is 0 Å². The van der Waals surface area contributed by atoms with Gasteiger partial charge in [-0.2, -0.15) is 0 Å². The summed E-state index contributed by atoms with van der Waals surface area (Å²) >= 11 is 5.87. The molecular formula is C10H12ClNO. The molecule has 1 aliphatic rings. The van der Waals surface area contributed by atoms with E-state index in [9.17, 15) is 0 Å². The number of ether oxygens (including phenoxy) is 1. The number of halogens is 1. The van der Waals surface area contributed by atoms with Gasteiger partial charge in [-0.05, 0) is 17.7 Å². The van der Waals surface area contributed by atoms with Crippen molar-refractivity contribution >= 4 is 11.6 Å². The van der Waals surface area contributed by atoms with Gasteiger partial charge in [0.1, 0.15) is 6.23 Å². The van der Waals surface area contributed by atoms with Crippen LogP contribution in [-0.4, -0.2) is 19.4 Å². The predicted octanol–water partition coefficient (Wildman–Crippen LogP) is 1.83. The van der Waals surface area contributed by atoms with Gasteiger partial charge >= 0.3 is 0 Å². The molecule has 1 unspecified atom stereocenters. The number of benzene rings is 1. The Balaban J connectivity index is 2.00. The fraction of sp³-hybridized carbons (Fsp3) is 0.400. The van der Waals surface area contributed by atoms with Crippen molar-refractivity contribution in [2.75, 3.05) is 13.2 Å². The summed E-state index contributed by atoms with van der Waals surface area (Å²) in [5.74, 6) is 0. The summed E-state index contributed by atoms with van der Waals surface area (Å²) in [4.78, 5) is 0. The minimum Gasteiger partial charge on any atom is -0.362 e. The summed E-state index contributed by atoms with van der Waals surface area (Å²) in [7, 11) is 0. The second kappa shape index (κ2) is 4.09. The van der Waals surface area contributed by atoms with Crippen LogP contribution in [0.5, 0.6) is 0 Å². The highest BCUT2D eigenvalue weighted by atomic mass is 35.5. The SMILES string of the molecule is Clc1cccc(CC2NCCO2)c1. The summed E-state index contributed by atoms with van der Waals surface area (Å²) in [6, 6.07) is 7.89. The van der Waals surface area contributed by atoms with Crippen LogP contribution in [-0.2, 0) is 11.2 Å². The topological polar surface area (TPSA) is 21.3 Å². The molecule has 13 heavy (non-hydrogen) atoms. The first kappa shape index (κ1) is 9.00. The van der Waals surface area contributed by atoms with Crippen molar-refractivity contribution in [1.82, 2.24) is 5.32 Å². The molecular weight excluding hydrogens is 186 g/mol. The molecule has 70 valence electrons. The molecule has 1 aromatic rings. The molecule has 3 heteroatoms. The summed E-state index contributed by atoms with van der Waals surface area (Å²) in [6.45, 7) is 1.76. The van der Waals surface area contributed by atoms with E-state index in [4.69, 9.17) is 16.3 Å². The van der Waals surface area contributed by atoms with Crippen LogP contribution in [0.1, 0.15) is 5.56 Å². The fourth-order valence-corrected chi connectivity index (χ4v) is 1.70. The Morgan fingerprint density at radius 3 is 3.15 bits per heavy atom. The first-order valence-corrected chi connectivity index (χ1v) is 4.82. The van der Waals surface area contributed by atoms with Crippen molar-refractivity contribution in [2.24, 2.45) is 0 Å². The molecule has 1 atom stereocenters. The molecule has 1 saturated heterocycles. The van der Waals surface area contributed by atoms with E-state index in [1.165, 1.54) is 5.56 Å². The molecule has 0 saturated carbocycles. The van der Waals surface area contributed by atoms with Crippen LogP contribution in [0.2, 0.25) is 5.02 Å². The zero-order valence-corrected chi connectivity index (χ0v) is 8.05. The summed E-state index contributed by atoms with van der Waals surface area (Å²) in [5.41, 5.74) is 1.21. The zero-order valence-electron chi connectivity index (χ0n) is 7.29. The summed E-state index contributed by atoms with van der Waals surface area (Å²) in [5, 5.41) is 4.05. The maximum absolute atomic E-state index is 5.87. The zero-order chi connectivity index (χ0) is 9.10. The normalized spacial score (nSPS) is 22.1. The van der Waals surface area contributed by atoms with Crippen molar-refractivity contribution in [3.8, 4) is 0 Å².